The van der Waals surface area contributed by atoms with Crippen LogP contribution >= 0.6 is 11.6 Å². The Balaban J connectivity index is 1.98. The molecule has 128 valence electrons. The Hall–Kier alpha value is -2.86. The first-order valence-corrected chi connectivity index (χ1v) is 8.21. The van der Waals surface area contributed by atoms with Gasteiger partial charge in [0.2, 0.25) is 5.69 Å². The Morgan fingerprint density at radius 3 is 2.40 bits per heavy atom. The monoisotopic (exact) mass is 356 g/mol. The molecule has 0 saturated heterocycles. The van der Waals surface area contributed by atoms with Gasteiger partial charge in [0.05, 0.1) is 5.69 Å². The molecule has 0 spiro atoms. The first-order valence-electron chi connectivity index (χ1n) is 7.84. The van der Waals surface area contributed by atoms with Crippen molar-refractivity contribution in [1.29, 1.82) is 0 Å². The van der Waals surface area contributed by atoms with Crippen LogP contribution in [0, 0.1) is 0 Å². The highest BCUT2D eigenvalue weighted by Crippen LogP contribution is 2.21. The van der Waals surface area contributed by atoms with E-state index in [0.29, 0.717) is 29.6 Å². The van der Waals surface area contributed by atoms with Crippen molar-refractivity contribution in [1.82, 2.24) is 15.0 Å². The molecule has 6 nitrogen and oxygen atoms in total. The van der Waals surface area contributed by atoms with Gasteiger partial charge in [-0.2, -0.15) is 0 Å². The minimum Gasteiger partial charge on any atom is -0.476 e. The van der Waals surface area contributed by atoms with Gasteiger partial charge in [0.25, 0.3) is 0 Å². The lowest BCUT2D eigenvalue weighted by molar-refractivity contribution is 0.0690. The summed E-state index contributed by atoms with van der Waals surface area (Å²) >= 11 is 5.90. The molecule has 3 rings (SSSR count). The average Bonchev–Trinajstić information content (AvgIpc) is 3.06. The summed E-state index contributed by atoms with van der Waals surface area (Å²) in [6, 6.07) is 16.7. The molecule has 25 heavy (non-hydrogen) atoms. The van der Waals surface area contributed by atoms with Crippen LogP contribution < -0.4 is 4.90 Å². The van der Waals surface area contributed by atoms with Gasteiger partial charge >= 0.3 is 5.97 Å². The van der Waals surface area contributed by atoms with E-state index in [1.165, 1.54) is 4.80 Å². The number of aromatic carboxylic acids is 1. The van der Waals surface area contributed by atoms with Gasteiger partial charge in [-0.25, -0.2) is 4.79 Å². The van der Waals surface area contributed by atoms with Crippen LogP contribution in [0.15, 0.2) is 54.6 Å². The molecule has 0 atom stereocenters. The van der Waals surface area contributed by atoms with Crippen LogP contribution in [-0.2, 0) is 6.54 Å². The number of benzene rings is 2. The van der Waals surface area contributed by atoms with Gasteiger partial charge in [0, 0.05) is 18.1 Å². The number of carboxylic acid groups (broad SMARTS) is 1. The van der Waals surface area contributed by atoms with Crippen molar-refractivity contribution in [3.8, 4) is 5.69 Å². The van der Waals surface area contributed by atoms with E-state index in [9.17, 15) is 9.90 Å². The lowest BCUT2D eigenvalue weighted by atomic mass is 10.2. The highest BCUT2D eigenvalue weighted by Gasteiger charge is 2.23. The van der Waals surface area contributed by atoms with Crippen LogP contribution in [0.25, 0.3) is 5.69 Å². The predicted octanol–water partition coefficient (Wildman–Crippen LogP) is 3.65. The summed E-state index contributed by atoms with van der Waals surface area (Å²) in [5.41, 5.74) is 1.64. The van der Waals surface area contributed by atoms with Crippen LogP contribution in [-0.4, -0.2) is 32.6 Å². The smallest absolute Gasteiger partial charge is 0.360 e. The molecule has 0 aliphatic heterocycles. The van der Waals surface area contributed by atoms with E-state index >= 15 is 0 Å². The lowest BCUT2D eigenvalue weighted by Crippen LogP contribution is -2.24. The quantitative estimate of drug-likeness (QED) is 0.730. The maximum Gasteiger partial charge on any atom is 0.360 e. The SMILES string of the molecule is CCN(Cc1ccccc1)c1nn(-c2ccc(Cl)cc2)nc1C(=O)O. The maximum absolute atomic E-state index is 11.6. The molecule has 0 fully saturated rings. The molecule has 2 aromatic carbocycles. The molecule has 7 heteroatoms. The van der Waals surface area contributed by atoms with E-state index in [1.807, 2.05) is 42.2 Å². The van der Waals surface area contributed by atoms with Crippen molar-refractivity contribution in [3.63, 3.8) is 0 Å². The molecular formula is C18H17ClN4O2. The topological polar surface area (TPSA) is 71.2 Å². The van der Waals surface area contributed by atoms with Gasteiger partial charge in [-0.15, -0.1) is 15.0 Å². The number of rotatable bonds is 6. The van der Waals surface area contributed by atoms with Crippen molar-refractivity contribution in [2.24, 2.45) is 0 Å². The van der Waals surface area contributed by atoms with Crippen LogP contribution in [0.1, 0.15) is 23.0 Å². The van der Waals surface area contributed by atoms with Gasteiger partial charge in [-0.1, -0.05) is 41.9 Å². The normalized spacial score (nSPS) is 10.6. The summed E-state index contributed by atoms with van der Waals surface area (Å²) < 4.78 is 0. The highest BCUT2D eigenvalue weighted by molar-refractivity contribution is 6.30. The second-order valence-electron chi connectivity index (χ2n) is 5.44. The Bertz CT molecular complexity index is 863. The predicted molar refractivity (Wildman–Crippen MR) is 96.5 cm³/mol. The maximum atomic E-state index is 11.6. The average molecular weight is 357 g/mol. The van der Waals surface area contributed by atoms with Crippen LogP contribution in [0.4, 0.5) is 5.82 Å². The third-order valence-corrected chi connectivity index (χ3v) is 4.01. The Morgan fingerprint density at radius 2 is 1.80 bits per heavy atom. The molecule has 0 bridgehead atoms. The fourth-order valence-electron chi connectivity index (χ4n) is 2.48. The molecule has 0 saturated carbocycles. The van der Waals surface area contributed by atoms with Crippen LogP contribution in [0.2, 0.25) is 5.02 Å². The van der Waals surface area contributed by atoms with E-state index in [0.717, 1.165) is 5.56 Å². The second kappa shape index (κ2) is 7.36. The third kappa shape index (κ3) is 3.80. The van der Waals surface area contributed by atoms with Crippen molar-refractivity contribution < 1.29 is 9.90 Å². The summed E-state index contributed by atoms with van der Waals surface area (Å²) in [7, 11) is 0. The fraction of sp³-hybridized carbons (Fsp3) is 0.167. The number of hydrogen-bond acceptors (Lipinski definition) is 4. The Morgan fingerprint density at radius 1 is 1.12 bits per heavy atom. The lowest BCUT2D eigenvalue weighted by Gasteiger charge is -2.20. The third-order valence-electron chi connectivity index (χ3n) is 3.75. The molecule has 1 N–H and O–H groups in total. The van der Waals surface area contributed by atoms with E-state index in [4.69, 9.17) is 11.6 Å². The second-order valence-corrected chi connectivity index (χ2v) is 5.88. The Labute approximate surface area is 150 Å². The zero-order valence-electron chi connectivity index (χ0n) is 13.6. The first kappa shape index (κ1) is 17.0. The van der Waals surface area contributed by atoms with Crippen LogP contribution in [0.3, 0.4) is 0 Å². The summed E-state index contributed by atoms with van der Waals surface area (Å²) in [5.74, 6) is -0.768. The van der Waals surface area contributed by atoms with Crippen molar-refractivity contribution in [2.45, 2.75) is 13.5 Å². The summed E-state index contributed by atoms with van der Waals surface area (Å²) in [4.78, 5) is 14.8. The minimum atomic E-state index is -1.11. The molecule has 0 radical (unpaired) electrons. The zero-order chi connectivity index (χ0) is 17.8. The molecule has 0 amide bonds. The van der Waals surface area contributed by atoms with Gasteiger partial charge in [-0.05, 0) is 36.8 Å². The van der Waals surface area contributed by atoms with Gasteiger partial charge in [0.15, 0.2) is 5.82 Å². The van der Waals surface area contributed by atoms with Crippen LogP contribution in [0.5, 0.6) is 0 Å². The number of nitrogens with zero attached hydrogens (tertiary/aromatic N) is 4. The summed E-state index contributed by atoms with van der Waals surface area (Å²) in [5, 5.41) is 18.7. The summed E-state index contributed by atoms with van der Waals surface area (Å²) in [6.45, 7) is 3.11. The van der Waals surface area contributed by atoms with E-state index in [2.05, 4.69) is 10.2 Å². The molecular weight excluding hydrogens is 340 g/mol. The van der Waals surface area contributed by atoms with Gasteiger partial charge < -0.3 is 10.0 Å². The number of hydrogen-bond donors (Lipinski definition) is 1. The van der Waals surface area contributed by atoms with E-state index in [1.54, 1.807) is 24.3 Å². The molecule has 0 aliphatic carbocycles. The van der Waals surface area contributed by atoms with E-state index < -0.39 is 5.97 Å². The molecule has 3 aromatic rings. The molecule has 0 unspecified atom stereocenters. The van der Waals surface area contributed by atoms with Crippen molar-refractivity contribution in [2.75, 3.05) is 11.4 Å². The van der Waals surface area contributed by atoms with Gasteiger partial charge in [0.1, 0.15) is 0 Å². The van der Waals surface area contributed by atoms with Crippen molar-refractivity contribution in [3.05, 3.63) is 70.9 Å². The number of halogens is 1. The zero-order valence-corrected chi connectivity index (χ0v) is 14.4. The van der Waals surface area contributed by atoms with E-state index in [-0.39, 0.29) is 5.69 Å². The number of carbonyl (C=O) groups is 1. The van der Waals surface area contributed by atoms with Crippen molar-refractivity contribution >= 4 is 23.4 Å². The highest BCUT2D eigenvalue weighted by atomic mass is 35.5. The molecule has 1 aromatic heterocycles. The Kier molecular flexibility index (Phi) is 5.00. The fourth-order valence-corrected chi connectivity index (χ4v) is 2.61. The summed E-state index contributed by atoms with van der Waals surface area (Å²) in [6.07, 6.45) is 0. The standard InChI is InChI=1S/C18H17ClN4O2/c1-2-22(12-13-6-4-3-5-7-13)17-16(18(24)25)20-23(21-17)15-10-8-14(19)9-11-15/h3-11H,2,12H2,1H3,(H,24,25). The van der Waals surface area contributed by atoms with Gasteiger partial charge in [-0.3, -0.25) is 0 Å². The molecule has 1 heterocycles. The largest absolute Gasteiger partial charge is 0.476 e. The number of anilines is 1. The first-order chi connectivity index (χ1) is 12.1. The molecule has 0 aliphatic rings. The number of carboxylic acids is 1. The number of aromatic nitrogens is 3. The minimum absolute atomic E-state index is 0.0762.